The number of benzene rings is 3. The van der Waals surface area contributed by atoms with E-state index in [9.17, 15) is 4.79 Å². The highest BCUT2D eigenvalue weighted by Gasteiger charge is 2.43. The predicted molar refractivity (Wildman–Crippen MR) is 203 cm³/mol. The molecule has 0 bridgehead atoms. The number of nitrogens with zero attached hydrogens (tertiary/aromatic N) is 3. The van der Waals surface area contributed by atoms with Crippen molar-refractivity contribution in [1.29, 1.82) is 0 Å². The molecule has 1 spiro atoms. The Bertz CT molecular complexity index is 2020. The van der Waals surface area contributed by atoms with Gasteiger partial charge in [-0.1, -0.05) is 68.1 Å². The lowest BCUT2D eigenvalue weighted by molar-refractivity contribution is 0.0265. The van der Waals surface area contributed by atoms with E-state index in [1.165, 1.54) is 103 Å². The summed E-state index contributed by atoms with van der Waals surface area (Å²) in [6.45, 7) is 6.51. The van der Waals surface area contributed by atoms with Crippen LogP contribution in [0.4, 0.5) is 4.79 Å². The van der Waals surface area contributed by atoms with Crippen molar-refractivity contribution in [2.45, 2.75) is 127 Å². The molecular formula is C44H50N4O2. The number of H-pyrrole nitrogens is 1. The molecule has 0 radical (unpaired) electrons. The summed E-state index contributed by atoms with van der Waals surface area (Å²) in [5.41, 5.74) is 14.2. The number of aromatic amines is 1. The van der Waals surface area contributed by atoms with E-state index >= 15 is 0 Å². The van der Waals surface area contributed by atoms with Crippen LogP contribution in [0.5, 0.6) is 0 Å². The van der Waals surface area contributed by atoms with Crippen molar-refractivity contribution in [3.8, 4) is 22.3 Å². The zero-order valence-electron chi connectivity index (χ0n) is 30.0. The molecule has 50 heavy (non-hydrogen) atoms. The van der Waals surface area contributed by atoms with Crippen molar-refractivity contribution >= 4 is 28.4 Å². The van der Waals surface area contributed by atoms with Crippen LogP contribution in [0.15, 0.2) is 65.8 Å². The van der Waals surface area contributed by atoms with Crippen LogP contribution in [0.3, 0.4) is 0 Å². The van der Waals surface area contributed by atoms with E-state index < -0.39 is 5.60 Å². The first-order valence-electron chi connectivity index (χ1n) is 19.3. The van der Waals surface area contributed by atoms with Gasteiger partial charge in [0.25, 0.3) is 0 Å². The van der Waals surface area contributed by atoms with Gasteiger partial charge in [0.15, 0.2) is 0 Å². The normalized spacial score (nSPS) is 21.7. The van der Waals surface area contributed by atoms with E-state index in [2.05, 4.69) is 59.6 Å². The third-order valence-electron chi connectivity index (χ3n) is 12.4. The maximum Gasteiger partial charge on any atom is 0.410 e. The Balaban J connectivity index is 0.985. The first kappa shape index (κ1) is 31.8. The Morgan fingerprint density at radius 1 is 0.860 bits per heavy atom. The Kier molecular flexibility index (Phi) is 7.78. The third-order valence-corrected chi connectivity index (χ3v) is 12.4. The number of imidazole rings is 1. The molecule has 4 aromatic rings. The molecule has 3 aliphatic carbocycles. The number of aliphatic imine (C=N–C) groups is 1. The summed E-state index contributed by atoms with van der Waals surface area (Å²) in [6, 6.07) is 20.9. The first-order valence-corrected chi connectivity index (χ1v) is 19.3. The van der Waals surface area contributed by atoms with Crippen LogP contribution in [-0.4, -0.2) is 44.9 Å². The number of likely N-dealkylation sites (tertiary alicyclic amines) is 1. The topological polar surface area (TPSA) is 70.6 Å². The second-order valence-corrected chi connectivity index (χ2v) is 16.7. The summed E-state index contributed by atoms with van der Waals surface area (Å²) < 4.78 is 5.72. The van der Waals surface area contributed by atoms with E-state index in [0.29, 0.717) is 11.3 Å². The van der Waals surface area contributed by atoms with Crippen LogP contribution >= 0.6 is 0 Å². The van der Waals surface area contributed by atoms with Gasteiger partial charge in [-0.2, -0.15) is 0 Å². The Morgan fingerprint density at radius 3 is 2.38 bits per heavy atom. The van der Waals surface area contributed by atoms with Crippen LogP contribution < -0.4 is 0 Å². The van der Waals surface area contributed by atoms with E-state index in [4.69, 9.17) is 14.7 Å². The molecule has 3 heterocycles. The van der Waals surface area contributed by atoms with Crippen molar-refractivity contribution in [3.05, 3.63) is 83.3 Å². The smallest absolute Gasteiger partial charge is 0.410 e. The largest absolute Gasteiger partial charge is 0.444 e. The predicted octanol–water partition coefficient (Wildman–Crippen LogP) is 10.9. The Morgan fingerprint density at radius 2 is 1.60 bits per heavy atom. The summed E-state index contributed by atoms with van der Waals surface area (Å²) in [4.78, 5) is 28.4. The second-order valence-electron chi connectivity index (χ2n) is 16.7. The van der Waals surface area contributed by atoms with Crippen molar-refractivity contribution < 1.29 is 9.53 Å². The molecule has 1 atom stereocenters. The first-order chi connectivity index (χ1) is 24.2. The van der Waals surface area contributed by atoms with Gasteiger partial charge in [0.1, 0.15) is 11.4 Å². The van der Waals surface area contributed by atoms with Gasteiger partial charge in [0, 0.05) is 30.8 Å². The average molecular weight is 667 g/mol. The third kappa shape index (κ3) is 5.59. The van der Waals surface area contributed by atoms with Crippen LogP contribution in [0, 0.1) is 0 Å². The quantitative estimate of drug-likeness (QED) is 0.230. The lowest BCUT2D eigenvalue weighted by Crippen LogP contribution is -2.43. The Labute approximate surface area is 296 Å². The molecule has 1 N–H and O–H groups in total. The van der Waals surface area contributed by atoms with Crippen LogP contribution in [0.1, 0.15) is 126 Å². The number of allylic oxidation sites excluding steroid dienone is 1. The van der Waals surface area contributed by atoms with Gasteiger partial charge >= 0.3 is 6.09 Å². The number of fused-ring (bicyclic) bond motifs is 3. The van der Waals surface area contributed by atoms with Gasteiger partial charge in [-0.05, 0) is 134 Å². The minimum Gasteiger partial charge on any atom is -0.444 e. The van der Waals surface area contributed by atoms with Gasteiger partial charge in [-0.15, -0.1) is 0 Å². The fourth-order valence-electron chi connectivity index (χ4n) is 10.00. The van der Waals surface area contributed by atoms with Crippen molar-refractivity contribution in [3.63, 3.8) is 0 Å². The fourth-order valence-corrected chi connectivity index (χ4v) is 10.00. The highest BCUT2D eigenvalue weighted by atomic mass is 16.6. The molecule has 258 valence electrons. The van der Waals surface area contributed by atoms with E-state index in [1.807, 2.05) is 31.9 Å². The van der Waals surface area contributed by atoms with E-state index in [1.54, 1.807) is 11.1 Å². The minimum absolute atomic E-state index is 0.0184. The Hall–Kier alpha value is -4.19. The SMILES string of the molecule is CC(C)(C)OC(=O)N1CCC[C@H]1C1=NC=C(c2ccc(-c3ccc(-c4ccc5nc(C6CCCC6)[nH]c5c4)c4c3C3(CCCC3)CC4)cc2)C1. The van der Waals surface area contributed by atoms with Gasteiger partial charge in [-0.25, -0.2) is 9.78 Å². The van der Waals surface area contributed by atoms with Gasteiger partial charge in [0.2, 0.25) is 0 Å². The number of nitrogens with one attached hydrogen (secondary N) is 1. The van der Waals surface area contributed by atoms with E-state index in [0.717, 1.165) is 43.5 Å². The number of hydrogen-bond donors (Lipinski definition) is 1. The number of rotatable bonds is 5. The number of carbonyl (C=O) groups excluding carboxylic acids is 1. The summed E-state index contributed by atoms with van der Waals surface area (Å²) >= 11 is 0. The summed E-state index contributed by atoms with van der Waals surface area (Å²) in [6.07, 6.45) is 17.3. The molecule has 6 heteroatoms. The summed E-state index contributed by atoms with van der Waals surface area (Å²) in [5, 5.41) is 0. The molecule has 1 saturated heterocycles. The second kappa shape index (κ2) is 12.2. The van der Waals surface area contributed by atoms with Crippen LogP contribution in [-0.2, 0) is 16.6 Å². The molecular weight excluding hydrogens is 617 g/mol. The van der Waals surface area contributed by atoms with Gasteiger partial charge in [-0.3, -0.25) is 9.89 Å². The maximum atomic E-state index is 13.0. The van der Waals surface area contributed by atoms with Gasteiger partial charge < -0.3 is 9.72 Å². The number of hydrogen-bond acceptors (Lipinski definition) is 4. The van der Waals surface area contributed by atoms with Crippen LogP contribution in [0.2, 0.25) is 0 Å². The molecule has 6 nitrogen and oxygen atoms in total. The van der Waals surface area contributed by atoms with Gasteiger partial charge in [0.05, 0.1) is 17.1 Å². The average Bonchev–Trinajstić information content (AvgIpc) is 3.96. The number of amides is 1. The van der Waals surface area contributed by atoms with Crippen molar-refractivity contribution in [2.75, 3.05) is 6.54 Å². The highest BCUT2D eigenvalue weighted by Crippen LogP contribution is 2.55. The number of aromatic nitrogens is 2. The molecule has 1 aromatic heterocycles. The minimum atomic E-state index is -0.502. The fraction of sp³-hybridized carbons (Fsp3) is 0.477. The zero-order chi connectivity index (χ0) is 34.0. The lowest BCUT2D eigenvalue weighted by Gasteiger charge is -2.29. The number of carbonyl (C=O) groups is 1. The molecule has 2 saturated carbocycles. The summed E-state index contributed by atoms with van der Waals surface area (Å²) in [5.74, 6) is 1.77. The molecule has 0 unspecified atom stereocenters. The molecule has 1 amide bonds. The van der Waals surface area contributed by atoms with E-state index in [-0.39, 0.29) is 12.1 Å². The van der Waals surface area contributed by atoms with Crippen LogP contribution in [0.25, 0.3) is 38.9 Å². The standard InChI is InChI=1S/C44H50N4O2/c1-43(2,3)50-42(49)48-24-8-11-39(48)38-26-32(27-45-38)28-12-14-29(15-13-28)34-18-17-33(35-20-23-44(40(34)35)21-6-7-22-44)31-16-19-36-37(25-31)47-41(46-36)30-9-4-5-10-30/h12-19,25,27,30,39H,4-11,20-24,26H2,1-3H3,(H,46,47)/t39-/m0/s1. The molecule has 5 aliphatic rings. The molecule has 3 aromatic carbocycles. The monoisotopic (exact) mass is 666 g/mol. The van der Waals surface area contributed by atoms with Crippen molar-refractivity contribution in [1.82, 2.24) is 14.9 Å². The number of ether oxygens (including phenoxy) is 1. The maximum absolute atomic E-state index is 13.0. The zero-order valence-corrected chi connectivity index (χ0v) is 30.0. The molecule has 2 aliphatic heterocycles. The summed E-state index contributed by atoms with van der Waals surface area (Å²) in [7, 11) is 0. The highest BCUT2D eigenvalue weighted by molar-refractivity contribution is 6.03. The van der Waals surface area contributed by atoms with Crippen molar-refractivity contribution in [2.24, 2.45) is 4.99 Å². The molecule has 9 rings (SSSR count). The lowest BCUT2D eigenvalue weighted by atomic mass is 9.76. The molecule has 3 fully saturated rings.